The van der Waals surface area contributed by atoms with Gasteiger partial charge in [-0.15, -0.1) is 0 Å². The topological polar surface area (TPSA) is 76.1 Å². The second kappa shape index (κ2) is 7.63. The number of methoxy groups -OCH3 is 1. The first-order chi connectivity index (χ1) is 12.1. The van der Waals surface area contributed by atoms with E-state index in [1.807, 2.05) is 24.3 Å². The SMILES string of the molecule is COc1ccc(Nc2ncc(C(=O)Nc3ccc(Cl)cc3)cn2)cc1. The van der Waals surface area contributed by atoms with Crippen LogP contribution < -0.4 is 15.4 Å². The summed E-state index contributed by atoms with van der Waals surface area (Å²) in [5, 5.41) is 6.42. The lowest BCUT2D eigenvalue weighted by atomic mass is 10.3. The average molecular weight is 355 g/mol. The van der Waals surface area contributed by atoms with E-state index in [2.05, 4.69) is 20.6 Å². The molecule has 2 N–H and O–H groups in total. The maximum Gasteiger partial charge on any atom is 0.258 e. The van der Waals surface area contributed by atoms with Gasteiger partial charge in [-0.3, -0.25) is 4.79 Å². The first-order valence-electron chi connectivity index (χ1n) is 7.44. The highest BCUT2D eigenvalue weighted by atomic mass is 35.5. The highest BCUT2D eigenvalue weighted by Crippen LogP contribution is 2.18. The molecule has 0 saturated heterocycles. The van der Waals surface area contributed by atoms with Gasteiger partial charge < -0.3 is 15.4 Å². The van der Waals surface area contributed by atoms with E-state index in [1.165, 1.54) is 12.4 Å². The maximum atomic E-state index is 12.2. The summed E-state index contributed by atoms with van der Waals surface area (Å²) >= 11 is 5.82. The van der Waals surface area contributed by atoms with Crippen molar-refractivity contribution in [1.82, 2.24) is 9.97 Å². The van der Waals surface area contributed by atoms with Gasteiger partial charge >= 0.3 is 0 Å². The monoisotopic (exact) mass is 354 g/mol. The number of nitrogens with zero attached hydrogens (tertiary/aromatic N) is 2. The van der Waals surface area contributed by atoms with Crippen LogP contribution in [-0.4, -0.2) is 23.0 Å². The maximum absolute atomic E-state index is 12.2. The Morgan fingerprint density at radius 1 is 0.960 bits per heavy atom. The minimum Gasteiger partial charge on any atom is -0.497 e. The molecule has 1 aromatic heterocycles. The van der Waals surface area contributed by atoms with Gasteiger partial charge in [-0.25, -0.2) is 9.97 Å². The van der Waals surface area contributed by atoms with Crippen molar-refractivity contribution in [3.8, 4) is 5.75 Å². The standard InChI is InChI=1S/C18H15ClN4O2/c1-25-16-8-6-15(7-9-16)23-18-20-10-12(11-21-18)17(24)22-14-4-2-13(19)3-5-14/h2-11H,1H3,(H,22,24)(H,20,21,23). The lowest BCUT2D eigenvalue weighted by Gasteiger charge is -2.07. The van der Waals surface area contributed by atoms with Crippen molar-refractivity contribution < 1.29 is 9.53 Å². The number of carbonyl (C=O) groups excluding carboxylic acids is 1. The molecule has 0 atom stereocenters. The number of ether oxygens (including phenoxy) is 1. The van der Waals surface area contributed by atoms with Crippen molar-refractivity contribution in [2.45, 2.75) is 0 Å². The fraction of sp³-hybridized carbons (Fsp3) is 0.0556. The molecule has 25 heavy (non-hydrogen) atoms. The van der Waals surface area contributed by atoms with E-state index < -0.39 is 0 Å². The molecule has 3 rings (SSSR count). The van der Waals surface area contributed by atoms with Crippen molar-refractivity contribution in [2.75, 3.05) is 17.7 Å². The number of hydrogen-bond acceptors (Lipinski definition) is 5. The zero-order valence-corrected chi connectivity index (χ0v) is 14.1. The zero-order valence-electron chi connectivity index (χ0n) is 13.4. The summed E-state index contributed by atoms with van der Waals surface area (Å²) in [7, 11) is 1.61. The molecule has 3 aromatic rings. The molecule has 126 valence electrons. The quantitative estimate of drug-likeness (QED) is 0.720. The number of benzene rings is 2. The molecule has 0 aliphatic carbocycles. The van der Waals surface area contributed by atoms with Crippen LogP contribution in [0.2, 0.25) is 5.02 Å². The van der Waals surface area contributed by atoms with E-state index in [9.17, 15) is 4.79 Å². The van der Waals surface area contributed by atoms with E-state index >= 15 is 0 Å². The minimum absolute atomic E-state index is 0.293. The van der Waals surface area contributed by atoms with E-state index in [0.717, 1.165) is 11.4 Å². The Balaban J connectivity index is 1.64. The van der Waals surface area contributed by atoms with Gasteiger partial charge in [0.25, 0.3) is 5.91 Å². The number of carbonyl (C=O) groups is 1. The molecule has 0 fully saturated rings. The zero-order chi connectivity index (χ0) is 17.6. The summed E-state index contributed by atoms with van der Waals surface area (Å²) in [6.45, 7) is 0. The van der Waals surface area contributed by atoms with Gasteiger partial charge in [-0.2, -0.15) is 0 Å². The highest BCUT2D eigenvalue weighted by molar-refractivity contribution is 6.30. The predicted octanol–water partition coefficient (Wildman–Crippen LogP) is 4.13. The second-order valence-corrected chi connectivity index (χ2v) is 5.55. The molecule has 0 bridgehead atoms. The number of anilines is 3. The number of nitrogens with one attached hydrogen (secondary N) is 2. The predicted molar refractivity (Wildman–Crippen MR) is 97.7 cm³/mol. The molecule has 0 aliphatic heterocycles. The molecular formula is C18H15ClN4O2. The van der Waals surface area contributed by atoms with E-state index in [0.29, 0.717) is 22.2 Å². The summed E-state index contributed by atoms with van der Waals surface area (Å²) in [5.74, 6) is 0.868. The fourth-order valence-corrected chi connectivity index (χ4v) is 2.18. The van der Waals surface area contributed by atoms with E-state index in [1.54, 1.807) is 31.4 Å². The van der Waals surface area contributed by atoms with Crippen molar-refractivity contribution in [1.29, 1.82) is 0 Å². The van der Waals surface area contributed by atoms with Crippen LogP contribution in [0, 0.1) is 0 Å². The van der Waals surface area contributed by atoms with Gasteiger partial charge in [0.1, 0.15) is 5.75 Å². The van der Waals surface area contributed by atoms with Crippen LogP contribution in [0.25, 0.3) is 0 Å². The molecule has 1 heterocycles. The molecule has 0 saturated carbocycles. The normalized spacial score (nSPS) is 10.2. The lowest BCUT2D eigenvalue weighted by molar-refractivity contribution is 0.102. The summed E-state index contributed by atoms with van der Waals surface area (Å²) in [6.07, 6.45) is 2.92. The van der Waals surface area contributed by atoms with Crippen LogP contribution in [0.5, 0.6) is 5.75 Å². The second-order valence-electron chi connectivity index (χ2n) is 5.11. The minimum atomic E-state index is -0.293. The third kappa shape index (κ3) is 4.45. The van der Waals surface area contributed by atoms with Crippen molar-refractivity contribution >= 4 is 34.8 Å². The van der Waals surface area contributed by atoms with Gasteiger partial charge in [0, 0.05) is 28.8 Å². The summed E-state index contributed by atoms with van der Waals surface area (Å²) in [4.78, 5) is 20.5. The van der Waals surface area contributed by atoms with Gasteiger partial charge in [0.15, 0.2) is 0 Å². The van der Waals surface area contributed by atoms with E-state index in [4.69, 9.17) is 16.3 Å². The smallest absolute Gasteiger partial charge is 0.258 e. The lowest BCUT2D eigenvalue weighted by Crippen LogP contribution is -2.13. The Bertz CT molecular complexity index is 850. The fourth-order valence-electron chi connectivity index (χ4n) is 2.05. The van der Waals surface area contributed by atoms with Gasteiger partial charge in [0.2, 0.25) is 5.95 Å². The number of hydrogen-bond donors (Lipinski definition) is 2. The van der Waals surface area contributed by atoms with Gasteiger partial charge in [-0.1, -0.05) is 11.6 Å². The number of halogens is 1. The summed E-state index contributed by atoms with van der Waals surface area (Å²) in [6, 6.07) is 14.2. The highest BCUT2D eigenvalue weighted by Gasteiger charge is 2.08. The van der Waals surface area contributed by atoms with Crippen molar-refractivity contribution in [3.05, 3.63) is 71.5 Å². The third-order valence-electron chi connectivity index (χ3n) is 3.36. The van der Waals surface area contributed by atoms with Crippen LogP contribution in [0.4, 0.5) is 17.3 Å². The van der Waals surface area contributed by atoms with Crippen LogP contribution in [0.15, 0.2) is 60.9 Å². The molecule has 0 unspecified atom stereocenters. The van der Waals surface area contributed by atoms with E-state index in [-0.39, 0.29) is 5.91 Å². The van der Waals surface area contributed by atoms with Crippen LogP contribution in [-0.2, 0) is 0 Å². The van der Waals surface area contributed by atoms with Crippen molar-refractivity contribution in [3.63, 3.8) is 0 Å². The Labute approximate surface area is 149 Å². The molecular weight excluding hydrogens is 340 g/mol. The number of amides is 1. The molecule has 1 amide bonds. The first kappa shape index (κ1) is 16.7. The Morgan fingerprint density at radius 2 is 1.56 bits per heavy atom. The summed E-state index contributed by atoms with van der Waals surface area (Å²) in [5.41, 5.74) is 1.82. The molecule has 2 aromatic carbocycles. The van der Waals surface area contributed by atoms with Gasteiger partial charge in [-0.05, 0) is 48.5 Å². The first-order valence-corrected chi connectivity index (χ1v) is 7.82. The molecule has 6 nitrogen and oxygen atoms in total. The van der Waals surface area contributed by atoms with Crippen molar-refractivity contribution in [2.24, 2.45) is 0 Å². The third-order valence-corrected chi connectivity index (χ3v) is 3.61. The Morgan fingerprint density at radius 3 is 2.16 bits per heavy atom. The Kier molecular flexibility index (Phi) is 5.11. The van der Waals surface area contributed by atoms with Crippen LogP contribution in [0.1, 0.15) is 10.4 Å². The summed E-state index contributed by atoms with van der Waals surface area (Å²) < 4.78 is 5.11. The molecule has 7 heteroatoms. The van der Waals surface area contributed by atoms with Gasteiger partial charge in [0.05, 0.1) is 12.7 Å². The number of aromatic nitrogens is 2. The average Bonchev–Trinajstić information content (AvgIpc) is 2.65. The largest absolute Gasteiger partial charge is 0.497 e. The molecule has 0 aliphatic rings. The van der Waals surface area contributed by atoms with Crippen LogP contribution in [0.3, 0.4) is 0 Å². The number of rotatable bonds is 5. The molecule has 0 radical (unpaired) electrons. The van der Waals surface area contributed by atoms with Crippen LogP contribution >= 0.6 is 11.6 Å². The Hall–Kier alpha value is -3.12. The molecule has 0 spiro atoms.